The second kappa shape index (κ2) is 9.54. The SMILES string of the molecule is CCCCCc1ccc(-c2cc(N)ccc2N)cc1.Cl.Cl. The summed E-state index contributed by atoms with van der Waals surface area (Å²) < 4.78 is 0. The molecule has 0 spiro atoms. The van der Waals surface area contributed by atoms with Crippen molar-refractivity contribution in [3.05, 3.63) is 48.0 Å². The predicted octanol–water partition coefficient (Wildman–Crippen LogP) is 5.09. The molecule has 0 aliphatic rings. The van der Waals surface area contributed by atoms with Crippen LogP contribution in [0.5, 0.6) is 0 Å². The van der Waals surface area contributed by atoms with Crippen LogP contribution in [-0.2, 0) is 6.42 Å². The standard InChI is InChI=1S/C17H22N2.2ClH/c1-2-3-4-5-13-6-8-14(9-7-13)16-12-15(18)10-11-17(16)19;;/h6-12H,2-5,18-19H2,1H3;2*1H. The number of nitrogens with two attached hydrogens (primary N) is 2. The lowest BCUT2D eigenvalue weighted by Gasteiger charge is -2.08. The molecule has 0 unspecified atom stereocenters. The van der Waals surface area contributed by atoms with Crippen molar-refractivity contribution in [3.63, 3.8) is 0 Å². The number of halogens is 2. The van der Waals surface area contributed by atoms with Crippen LogP contribution < -0.4 is 11.5 Å². The summed E-state index contributed by atoms with van der Waals surface area (Å²) >= 11 is 0. The quantitative estimate of drug-likeness (QED) is 0.593. The maximum atomic E-state index is 6.00. The first kappa shape index (κ1) is 19.6. The third kappa shape index (κ3) is 5.49. The Bertz CT molecular complexity index is 539. The van der Waals surface area contributed by atoms with Crippen molar-refractivity contribution in [3.8, 4) is 11.1 Å². The van der Waals surface area contributed by atoms with E-state index in [-0.39, 0.29) is 24.8 Å². The largest absolute Gasteiger partial charge is 0.399 e. The van der Waals surface area contributed by atoms with Crippen molar-refractivity contribution in [1.82, 2.24) is 0 Å². The lowest BCUT2D eigenvalue weighted by molar-refractivity contribution is 0.717. The molecule has 0 radical (unpaired) electrons. The van der Waals surface area contributed by atoms with Crippen LogP contribution in [0.15, 0.2) is 42.5 Å². The Morgan fingerprint density at radius 2 is 1.52 bits per heavy atom. The van der Waals surface area contributed by atoms with E-state index in [9.17, 15) is 0 Å². The number of unbranched alkanes of at least 4 members (excludes halogenated alkanes) is 2. The average molecular weight is 327 g/mol. The number of hydrogen-bond donors (Lipinski definition) is 2. The molecule has 0 fully saturated rings. The summed E-state index contributed by atoms with van der Waals surface area (Å²) in [6.45, 7) is 2.23. The summed E-state index contributed by atoms with van der Waals surface area (Å²) in [6, 6.07) is 14.3. The Kier molecular flexibility index (Phi) is 8.91. The van der Waals surface area contributed by atoms with Gasteiger partial charge in [-0.1, -0.05) is 44.0 Å². The van der Waals surface area contributed by atoms with E-state index in [0.29, 0.717) is 0 Å². The fourth-order valence-electron chi connectivity index (χ4n) is 2.25. The summed E-state index contributed by atoms with van der Waals surface area (Å²) in [5.74, 6) is 0. The molecule has 116 valence electrons. The van der Waals surface area contributed by atoms with Gasteiger partial charge in [0.15, 0.2) is 0 Å². The molecule has 0 heterocycles. The van der Waals surface area contributed by atoms with Gasteiger partial charge in [-0.3, -0.25) is 0 Å². The van der Waals surface area contributed by atoms with Gasteiger partial charge in [0.25, 0.3) is 0 Å². The van der Waals surface area contributed by atoms with Gasteiger partial charge in [-0.25, -0.2) is 0 Å². The Labute approximate surface area is 139 Å². The van der Waals surface area contributed by atoms with Crippen LogP contribution in [0.25, 0.3) is 11.1 Å². The van der Waals surface area contributed by atoms with Crippen molar-refractivity contribution in [2.75, 3.05) is 11.5 Å². The molecule has 4 heteroatoms. The molecular formula is C17H24Cl2N2. The van der Waals surface area contributed by atoms with Gasteiger partial charge in [0.2, 0.25) is 0 Å². The number of anilines is 2. The van der Waals surface area contributed by atoms with Crippen LogP contribution in [0.3, 0.4) is 0 Å². The molecule has 2 aromatic carbocycles. The van der Waals surface area contributed by atoms with Gasteiger partial charge in [-0.2, -0.15) is 0 Å². The molecule has 2 aromatic rings. The van der Waals surface area contributed by atoms with Gasteiger partial charge >= 0.3 is 0 Å². The highest BCUT2D eigenvalue weighted by Crippen LogP contribution is 2.28. The van der Waals surface area contributed by atoms with E-state index in [1.807, 2.05) is 18.2 Å². The molecule has 0 aliphatic heterocycles. The zero-order valence-electron chi connectivity index (χ0n) is 12.3. The Hall–Kier alpha value is -1.38. The van der Waals surface area contributed by atoms with Crippen LogP contribution in [-0.4, -0.2) is 0 Å². The third-order valence-corrected chi connectivity index (χ3v) is 3.41. The summed E-state index contributed by atoms with van der Waals surface area (Å²) in [5.41, 5.74) is 16.9. The smallest absolute Gasteiger partial charge is 0.0395 e. The lowest BCUT2D eigenvalue weighted by Crippen LogP contribution is -1.93. The minimum Gasteiger partial charge on any atom is -0.399 e. The predicted molar refractivity (Wildman–Crippen MR) is 98.4 cm³/mol. The molecule has 0 saturated heterocycles. The minimum absolute atomic E-state index is 0. The van der Waals surface area contributed by atoms with E-state index < -0.39 is 0 Å². The van der Waals surface area contributed by atoms with Crippen molar-refractivity contribution >= 4 is 36.2 Å². The van der Waals surface area contributed by atoms with E-state index in [1.54, 1.807) is 0 Å². The number of aryl methyl sites for hydroxylation is 1. The molecule has 2 nitrogen and oxygen atoms in total. The van der Waals surface area contributed by atoms with Crippen molar-refractivity contribution in [2.24, 2.45) is 0 Å². The molecule has 0 saturated carbocycles. The van der Waals surface area contributed by atoms with Crippen LogP contribution in [0.2, 0.25) is 0 Å². The molecule has 0 bridgehead atoms. The molecule has 0 aliphatic carbocycles. The molecule has 0 atom stereocenters. The number of benzene rings is 2. The van der Waals surface area contributed by atoms with Crippen molar-refractivity contribution in [2.45, 2.75) is 32.6 Å². The first-order valence-corrected chi connectivity index (χ1v) is 6.95. The van der Waals surface area contributed by atoms with Crippen LogP contribution in [0.1, 0.15) is 31.7 Å². The zero-order chi connectivity index (χ0) is 13.7. The fraction of sp³-hybridized carbons (Fsp3) is 0.294. The second-order valence-corrected chi connectivity index (χ2v) is 5.00. The van der Waals surface area contributed by atoms with Crippen LogP contribution in [0, 0.1) is 0 Å². The monoisotopic (exact) mass is 326 g/mol. The Morgan fingerprint density at radius 3 is 2.14 bits per heavy atom. The maximum absolute atomic E-state index is 6.00. The summed E-state index contributed by atoms with van der Waals surface area (Å²) in [6.07, 6.45) is 4.97. The average Bonchev–Trinajstić information content (AvgIpc) is 2.43. The lowest BCUT2D eigenvalue weighted by atomic mass is 10.00. The van der Waals surface area contributed by atoms with Gasteiger partial charge < -0.3 is 11.5 Å². The highest BCUT2D eigenvalue weighted by Gasteiger charge is 2.03. The first-order valence-electron chi connectivity index (χ1n) is 6.95. The normalized spacial score (nSPS) is 9.57. The molecule has 4 N–H and O–H groups in total. The zero-order valence-corrected chi connectivity index (χ0v) is 14.0. The maximum Gasteiger partial charge on any atom is 0.0395 e. The van der Waals surface area contributed by atoms with Crippen LogP contribution in [0.4, 0.5) is 11.4 Å². The molecule has 2 rings (SSSR count). The summed E-state index contributed by atoms with van der Waals surface area (Å²) in [7, 11) is 0. The highest BCUT2D eigenvalue weighted by molar-refractivity contribution is 5.85. The van der Waals surface area contributed by atoms with Crippen molar-refractivity contribution in [1.29, 1.82) is 0 Å². The van der Waals surface area contributed by atoms with Crippen molar-refractivity contribution < 1.29 is 0 Å². The first-order chi connectivity index (χ1) is 9.20. The molecule has 0 aromatic heterocycles. The Balaban J connectivity index is 0.00000200. The summed E-state index contributed by atoms with van der Waals surface area (Å²) in [4.78, 5) is 0. The van der Waals surface area contributed by atoms with Gasteiger partial charge in [0, 0.05) is 16.9 Å². The molecule has 0 amide bonds. The topological polar surface area (TPSA) is 52.0 Å². The molecule has 21 heavy (non-hydrogen) atoms. The van der Waals surface area contributed by atoms with E-state index in [0.717, 1.165) is 28.9 Å². The highest BCUT2D eigenvalue weighted by atomic mass is 35.5. The van der Waals surface area contributed by atoms with Crippen LogP contribution >= 0.6 is 24.8 Å². The number of rotatable bonds is 5. The van der Waals surface area contributed by atoms with E-state index in [1.165, 1.54) is 24.8 Å². The number of nitrogen functional groups attached to an aromatic ring is 2. The number of hydrogen-bond acceptors (Lipinski definition) is 2. The molecular weight excluding hydrogens is 303 g/mol. The minimum atomic E-state index is 0. The second-order valence-electron chi connectivity index (χ2n) is 5.00. The van der Waals surface area contributed by atoms with E-state index >= 15 is 0 Å². The van der Waals surface area contributed by atoms with Gasteiger partial charge in [-0.05, 0) is 42.2 Å². The summed E-state index contributed by atoms with van der Waals surface area (Å²) in [5, 5.41) is 0. The third-order valence-electron chi connectivity index (χ3n) is 3.41. The fourth-order valence-corrected chi connectivity index (χ4v) is 2.25. The van der Waals surface area contributed by atoms with E-state index in [2.05, 4.69) is 31.2 Å². The van der Waals surface area contributed by atoms with E-state index in [4.69, 9.17) is 11.5 Å². The van der Waals surface area contributed by atoms with Gasteiger partial charge in [-0.15, -0.1) is 24.8 Å². The van der Waals surface area contributed by atoms with Gasteiger partial charge in [0.05, 0.1) is 0 Å². The Morgan fingerprint density at radius 1 is 0.857 bits per heavy atom. The van der Waals surface area contributed by atoms with Gasteiger partial charge in [0.1, 0.15) is 0 Å².